The number of anilines is 1. The van der Waals surface area contributed by atoms with Crippen molar-refractivity contribution in [3.8, 4) is 5.75 Å². The van der Waals surface area contributed by atoms with E-state index in [1.807, 2.05) is 38.1 Å². The van der Waals surface area contributed by atoms with Crippen LogP contribution in [0.5, 0.6) is 5.75 Å². The molecule has 0 aliphatic heterocycles. The van der Waals surface area contributed by atoms with Gasteiger partial charge in [-0.25, -0.2) is 9.48 Å². The van der Waals surface area contributed by atoms with Crippen LogP contribution in [0.1, 0.15) is 32.9 Å². The van der Waals surface area contributed by atoms with Gasteiger partial charge in [-0.2, -0.15) is 0 Å². The lowest BCUT2D eigenvalue weighted by molar-refractivity contribution is 0.102. The first kappa shape index (κ1) is 22.1. The molecule has 0 radical (unpaired) electrons. The zero-order valence-electron chi connectivity index (χ0n) is 19.3. The maximum atomic E-state index is 12.9. The molecule has 3 aromatic heterocycles. The number of benzene rings is 2. The molecule has 5 rings (SSSR count). The molecule has 0 bridgehead atoms. The summed E-state index contributed by atoms with van der Waals surface area (Å²) in [5, 5.41) is 11.2. The summed E-state index contributed by atoms with van der Waals surface area (Å²) in [4.78, 5) is 25.4. The van der Waals surface area contributed by atoms with Gasteiger partial charge in [-0.3, -0.25) is 9.20 Å². The van der Waals surface area contributed by atoms with Gasteiger partial charge in [0.1, 0.15) is 18.1 Å². The number of pyridine rings is 1. The number of aromatic nitrogens is 4. The van der Waals surface area contributed by atoms with E-state index in [1.165, 1.54) is 9.08 Å². The van der Waals surface area contributed by atoms with Gasteiger partial charge in [0.15, 0.2) is 5.65 Å². The first-order valence-corrected chi connectivity index (χ1v) is 11.1. The number of hydrogen-bond acceptors (Lipinski definition) is 6. The monoisotopic (exact) mass is 469 g/mol. The summed E-state index contributed by atoms with van der Waals surface area (Å²) in [6.07, 6.45) is 1.68. The van der Waals surface area contributed by atoms with Crippen LogP contribution in [0, 0.1) is 13.8 Å². The van der Waals surface area contributed by atoms with Crippen molar-refractivity contribution in [3.63, 3.8) is 0 Å². The molecule has 0 fully saturated rings. The molecular weight excluding hydrogens is 446 g/mol. The average Bonchev–Trinajstić information content (AvgIpc) is 3.36. The smallest absolute Gasteiger partial charge is 0.350 e. The van der Waals surface area contributed by atoms with Crippen LogP contribution in [0.15, 0.2) is 82.2 Å². The van der Waals surface area contributed by atoms with Crippen LogP contribution in [-0.4, -0.2) is 25.2 Å². The predicted octanol–water partition coefficient (Wildman–Crippen LogP) is 3.98. The molecule has 0 aliphatic carbocycles. The lowest BCUT2D eigenvalue weighted by Crippen LogP contribution is -2.21. The summed E-state index contributed by atoms with van der Waals surface area (Å²) < 4.78 is 13.9. The van der Waals surface area contributed by atoms with Crippen molar-refractivity contribution < 1.29 is 14.1 Å². The maximum absolute atomic E-state index is 12.9. The van der Waals surface area contributed by atoms with Crippen LogP contribution in [0.25, 0.3) is 5.65 Å². The van der Waals surface area contributed by atoms with E-state index in [1.54, 1.807) is 48.7 Å². The van der Waals surface area contributed by atoms with Crippen LogP contribution in [-0.2, 0) is 13.2 Å². The van der Waals surface area contributed by atoms with Crippen molar-refractivity contribution in [3.05, 3.63) is 112 Å². The van der Waals surface area contributed by atoms with Gasteiger partial charge in [-0.1, -0.05) is 29.4 Å². The third-order valence-corrected chi connectivity index (χ3v) is 5.67. The number of nitrogens with one attached hydrogen (secondary N) is 1. The predicted molar refractivity (Wildman–Crippen MR) is 130 cm³/mol. The lowest BCUT2D eigenvalue weighted by Gasteiger charge is -2.10. The Labute approximate surface area is 200 Å². The van der Waals surface area contributed by atoms with Crippen LogP contribution in [0.2, 0.25) is 0 Å². The van der Waals surface area contributed by atoms with E-state index >= 15 is 0 Å². The van der Waals surface area contributed by atoms with Crippen molar-refractivity contribution in [1.82, 2.24) is 19.3 Å². The van der Waals surface area contributed by atoms with Gasteiger partial charge < -0.3 is 14.6 Å². The third kappa shape index (κ3) is 4.70. The Morgan fingerprint density at radius 3 is 2.71 bits per heavy atom. The van der Waals surface area contributed by atoms with E-state index in [-0.39, 0.29) is 18.1 Å². The third-order valence-electron chi connectivity index (χ3n) is 5.67. The molecule has 9 nitrogen and oxygen atoms in total. The topological polar surface area (TPSA) is 104 Å². The minimum absolute atomic E-state index is 0.219. The van der Waals surface area contributed by atoms with Crippen LogP contribution < -0.4 is 15.7 Å². The Hall–Kier alpha value is -4.66. The van der Waals surface area contributed by atoms with Crippen molar-refractivity contribution >= 4 is 17.2 Å². The largest absolute Gasteiger partial charge is 0.489 e. The summed E-state index contributed by atoms with van der Waals surface area (Å²) in [5.74, 6) is 1.01. The Morgan fingerprint density at radius 2 is 1.91 bits per heavy atom. The SMILES string of the molecule is Cc1noc(C)c1COc1cccc(C(=O)Nc2cccc(Cn3nc4ccccn4c3=O)c2)c1. The molecule has 176 valence electrons. The fraction of sp³-hybridized carbons (Fsp3) is 0.154. The fourth-order valence-corrected chi connectivity index (χ4v) is 3.79. The van der Waals surface area contributed by atoms with Gasteiger partial charge in [-0.05, 0) is 61.9 Å². The van der Waals surface area contributed by atoms with Crippen molar-refractivity contribution in [2.45, 2.75) is 27.0 Å². The van der Waals surface area contributed by atoms with Gasteiger partial charge in [0.25, 0.3) is 5.91 Å². The zero-order chi connectivity index (χ0) is 24.4. The molecule has 35 heavy (non-hydrogen) atoms. The molecule has 0 atom stereocenters. The second-order valence-electron chi connectivity index (χ2n) is 8.14. The molecule has 0 saturated carbocycles. The van der Waals surface area contributed by atoms with Crippen LogP contribution >= 0.6 is 0 Å². The zero-order valence-corrected chi connectivity index (χ0v) is 19.3. The Balaban J connectivity index is 1.28. The van der Waals surface area contributed by atoms with Crippen LogP contribution in [0.3, 0.4) is 0 Å². The minimum Gasteiger partial charge on any atom is -0.489 e. The second kappa shape index (κ2) is 9.30. The molecule has 5 aromatic rings. The van der Waals surface area contributed by atoms with E-state index in [0.717, 1.165) is 16.8 Å². The van der Waals surface area contributed by atoms with E-state index < -0.39 is 0 Å². The molecule has 0 saturated heterocycles. The highest BCUT2D eigenvalue weighted by Crippen LogP contribution is 2.20. The maximum Gasteiger partial charge on any atom is 0.350 e. The number of carbonyl (C=O) groups is 1. The lowest BCUT2D eigenvalue weighted by atomic mass is 10.1. The van der Waals surface area contributed by atoms with Crippen molar-refractivity contribution in [1.29, 1.82) is 0 Å². The van der Waals surface area contributed by atoms with E-state index in [9.17, 15) is 9.59 Å². The first-order chi connectivity index (χ1) is 17.0. The molecule has 0 unspecified atom stereocenters. The molecule has 3 heterocycles. The number of fused-ring (bicyclic) bond motifs is 1. The van der Waals surface area contributed by atoms with Crippen molar-refractivity contribution in [2.24, 2.45) is 0 Å². The average molecular weight is 470 g/mol. The first-order valence-electron chi connectivity index (χ1n) is 11.1. The quantitative estimate of drug-likeness (QED) is 0.387. The highest BCUT2D eigenvalue weighted by molar-refractivity contribution is 6.04. The molecule has 0 aliphatic rings. The number of ether oxygens (including phenoxy) is 1. The second-order valence-corrected chi connectivity index (χ2v) is 8.14. The Kier molecular flexibility index (Phi) is 5.88. The molecule has 0 spiro atoms. The summed E-state index contributed by atoms with van der Waals surface area (Å²) in [6.45, 7) is 4.28. The van der Waals surface area contributed by atoms with Gasteiger partial charge in [-0.15, -0.1) is 5.10 Å². The molecule has 1 amide bonds. The standard InChI is InChI=1S/C26H23N5O4/c1-17-23(18(2)35-29-17)16-34-22-10-6-8-20(14-22)25(32)27-21-9-5-7-19(13-21)15-31-26(33)30-12-4-3-11-24(30)28-31/h3-14H,15-16H2,1-2H3,(H,27,32). The van der Waals surface area contributed by atoms with Gasteiger partial charge in [0, 0.05) is 17.4 Å². The number of hydrogen-bond donors (Lipinski definition) is 1. The minimum atomic E-state index is -0.269. The molecule has 1 N–H and O–H groups in total. The van der Waals surface area contributed by atoms with E-state index in [2.05, 4.69) is 15.6 Å². The van der Waals surface area contributed by atoms with E-state index in [4.69, 9.17) is 9.26 Å². The summed E-state index contributed by atoms with van der Waals surface area (Å²) in [5.41, 5.74) is 3.95. The number of amides is 1. The van der Waals surface area contributed by atoms with Gasteiger partial charge in [0.05, 0.1) is 17.8 Å². The number of carbonyl (C=O) groups excluding carboxylic acids is 1. The summed E-state index contributed by atoms with van der Waals surface area (Å²) >= 11 is 0. The fourth-order valence-electron chi connectivity index (χ4n) is 3.79. The highest BCUT2D eigenvalue weighted by Gasteiger charge is 2.12. The molecular formula is C26H23N5O4. The molecule has 9 heteroatoms. The summed E-state index contributed by atoms with van der Waals surface area (Å²) in [7, 11) is 0. The van der Waals surface area contributed by atoms with Gasteiger partial charge >= 0.3 is 5.69 Å². The van der Waals surface area contributed by atoms with Crippen molar-refractivity contribution in [2.75, 3.05) is 5.32 Å². The van der Waals surface area contributed by atoms with Crippen LogP contribution in [0.4, 0.5) is 5.69 Å². The van der Waals surface area contributed by atoms with E-state index in [0.29, 0.717) is 35.0 Å². The Bertz CT molecular complexity index is 1560. The van der Waals surface area contributed by atoms with Gasteiger partial charge in [0.2, 0.25) is 0 Å². The molecule has 2 aromatic carbocycles. The normalized spacial score (nSPS) is 11.0. The summed E-state index contributed by atoms with van der Waals surface area (Å²) in [6, 6.07) is 19.7. The highest BCUT2D eigenvalue weighted by atomic mass is 16.5. The Morgan fingerprint density at radius 1 is 1.06 bits per heavy atom. The number of aryl methyl sites for hydroxylation is 2. The number of rotatable bonds is 7. The number of nitrogens with zero attached hydrogens (tertiary/aromatic N) is 4.